The van der Waals surface area contributed by atoms with E-state index in [0.29, 0.717) is 0 Å². The summed E-state index contributed by atoms with van der Waals surface area (Å²) in [5.41, 5.74) is 4.00. The first-order chi connectivity index (χ1) is 12.4. The average molecular weight is 514 g/mol. The van der Waals surface area contributed by atoms with Gasteiger partial charge in [-0.1, -0.05) is 36.4 Å². The second-order valence-corrected chi connectivity index (χ2v) is 5.51. The molecule has 0 saturated heterocycles. The van der Waals surface area contributed by atoms with Gasteiger partial charge in [-0.2, -0.15) is 6.20 Å². The molecular weight excluding hydrogens is 498 g/mol. The maximum Gasteiger partial charge on any atom is 0.0561 e. The van der Waals surface area contributed by atoms with E-state index in [0.717, 1.165) is 33.1 Å². The summed E-state index contributed by atoms with van der Waals surface area (Å²) < 4.78 is 0. The Morgan fingerprint density at radius 2 is 1.58 bits per heavy atom. The zero-order valence-electron chi connectivity index (χ0n) is 13.8. The SMILES string of the molecule is [Ir].[c-]1ccccc1-c1ccccn1.c1cnc2c(c1)ccc1cc[n-]c12. The normalized spacial score (nSPS) is 10.0. The first kappa shape index (κ1) is 18.0. The Kier molecular flexibility index (Phi) is 5.90. The third kappa shape index (κ3) is 3.88. The number of pyridine rings is 2. The van der Waals surface area contributed by atoms with Gasteiger partial charge >= 0.3 is 0 Å². The van der Waals surface area contributed by atoms with Crippen molar-refractivity contribution in [1.82, 2.24) is 15.0 Å². The van der Waals surface area contributed by atoms with Gasteiger partial charge in [-0.25, -0.2) is 0 Å². The Balaban J connectivity index is 0.000000146. The van der Waals surface area contributed by atoms with Gasteiger partial charge in [-0.3, -0.25) is 4.98 Å². The second kappa shape index (κ2) is 8.52. The first-order valence-corrected chi connectivity index (χ1v) is 8.05. The molecule has 3 heterocycles. The van der Waals surface area contributed by atoms with Crippen molar-refractivity contribution >= 4 is 21.8 Å². The molecule has 129 valence electrons. The molecular formula is C22H15IrN3-2. The summed E-state index contributed by atoms with van der Waals surface area (Å²) in [4.78, 5) is 12.8. The van der Waals surface area contributed by atoms with Gasteiger partial charge in [0.2, 0.25) is 0 Å². The number of aromatic nitrogens is 3. The van der Waals surface area contributed by atoms with E-state index in [4.69, 9.17) is 0 Å². The van der Waals surface area contributed by atoms with Crippen molar-refractivity contribution in [2.24, 2.45) is 0 Å². The number of hydrogen-bond acceptors (Lipinski definition) is 2. The van der Waals surface area contributed by atoms with E-state index >= 15 is 0 Å². The zero-order chi connectivity index (χ0) is 16.9. The van der Waals surface area contributed by atoms with Crippen molar-refractivity contribution in [1.29, 1.82) is 0 Å². The van der Waals surface area contributed by atoms with Crippen molar-refractivity contribution in [3.8, 4) is 11.3 Å². The average Bonchev–Trinajstić information content (AvgIpc) is 3.19. The Hall–Kier alpha value is -2.81. The molecule has 0 aliphatic heterocycles. The molecule has 3 aromatic heterocycles. The van der Waals surface area contributed by atoms with Crippen LogP contribution in [0.5, 0.6) is 0 Å². The van der Waals surface area contributed by atoms with Crippen molar-refractivity contribution < 1.29 is 20.1 Å². The minimum absolute atomic E-state index is 0. The first-order valence-electron chi connectivity index (χ1n) is 8.05. The number of hydrogen-bond donors (Lipinski definition) is 0. The van der Waals surface area contributed by atoms with Crippen LogP contribution in [-0.4, -0.2) is 9.97 Å². The summed E-state index contributed by atoms with van der Waals surface area (Å²) in [6.07, 6.45) is 5.41. The zero-order valence-corrected chi connectivity index (χ0v) is 16.2. The molecule has 0 aliphatic rings. The van der Waals surface area contributed by atoms with Crippen molar-refractivity contribution in [2.75, 3.05) is 0 Å². The van der Waals surface area contributed by atoms with E-state index in [9.17, 15) is 0 Å². The molecule has 3 nitrogen and oxygen atoms in total. The molecule has 0 aliphatic carbocycles. The maximum atomic E-state index is 4.32. The molecule has 5 aromatic rings. The fraction of sp³-hybridized carbons (Fsp3) is 0. The predicted molar refractivity (Wildman–Crippen MR) is 101 cm³/mol. The number of nitrogens with zero attached hydrogens (tertiary/aromatic N) is 3. The molecule has 0 fully saturated rings. The number of rotatable bonds is 1. The molecule has 1 radical (unpaired) electrons. The van der Waals surface area contributed by atoms with E-state index in [1.807, 2.05) is 60.8 Å². The molecule has 4 heteroatoms. The second-order valence-electron chi connectivity index (χ2n) is 5.51. The van der Waals surface area contributed by atoms with Crippen LogP contribution >= 0.6 is 0 Å². The van der Waals surface area contributed by atoms with Gasteiger partial charge < -0.3 is 9.97 Å². The van der Waals surface area contributed by atoms with E-state index in [1.54, 1.807) is 12.4 Å². The van der Waals surface area contributed by atoms with Crippen molar-refractivity contribution in [2.45, 2.75) is 0 Å². The summed E-state index contributed by atoms with van der Waals surface area (Å²) >= 11 is 0. The van der Waals surface area contributed by atoms with E-state index < -0.39 is 0 Å². The quantitative estimate of drug-likeness (QED) is 0.300. The van der Waals surface area contributed by atoms with Crippen LogP contribution in [0, 0.1) is 6.07 Å². The predicted octanol–water partition coefficient (Wildman–Crippen LogP) is 4.89. The van der Waals surface area contributed by atoms with E-state index in [1.165, 1.54) is 0 Å². The largest absolute Gasteiger partial charge is 0.662 e. The number of benzene rings is 2. The minimum Gasteiger partial charge on any atom is -0.662 e. The molecule has 0 atom stereocenters. The van der Waals surface area contributed by atoms with Crippen molar-refractivity contribution in [3.05, 3.63) is 97.5 Å². The van der Waals surface area contributed by atoms with Crippen molar-refractivity contribution in [3.63, 3.8) is 0 Å². The smallest absolute Gasteiger partial charge is 0.0561 e. The molecule has 0 bridgehead atoms. The third-order valence-corrected chi connectivity index (χ3v) is 3.89. The van der Waals surface area contributed by atoms with Gasteiger partial charge in [0.1, 0.15) is 0 Å². The van der Waals surface area contributed by atoms with Crippen LogP contribution in [0.3, 0.4) is 0 Å². The van der Waals surface area contributed by atoms with Gasteiger partial charge in [-0.05, 0) is 28.6 Å². The molecule has 0 saturated carbocycles. The molecule has 5 rings (SSSR count). The van der Waals surface area contributed by atoms with Crippen LogP contribution in [0.1, 0.15) is 0 Å². The summed E-state index contributed by atoms with van der Waals surface area (Å²) in [5, 5.41) is 2.31. The molecule has 0 N–H and O–H groups in total. The van der Waals surface area contributed by atoms with Crippen LogP contribution in [0.4, 0.5) is 0 Å². The van der Waals surface area contributed by atoms with Gasteiger partial charge in [0, 0.05) is 32.5 Å². The van der Waals surface area contributed by atoms with Crippen LogP contribution in [0.25, 0.3) is 33.1 Å². The molecule has 0 spiro atoms. The van der Waals surface area contributed by atoms with Crippen LogP contribution in [0.2, 0.25) is 0 Å². The number of fused-ring (bicyclic) bond motifs is 3. The van der Waals surface area contributed by atoms with Gasteiger partial charge in [-0.15, -0.1) is 41.4 Å². The van der Waals surface area contributed by atoms with Gasteiger partial charge in [0.15, 0.2) is 0 Å². The topological polar surface area (TPSA) is 39.9 Å². The fourth-order valence-corrected chi connectivity index (χ4v) is 2.68. The molecule has 0 amide bonds. The molecule has 0 unspecified atom stereocenters. The van der Waals surface area contributed by atoms with Crippen LogP contribution in [0.15, 0.2) is 91.4 Å². The summed E-state index contributed by atoms with van der Waals surface area (Å²) in [6.45, 7) is 0. The maximum absolute atomic E-state index is 4.32. The van der Waals surface area contributed by atoms with E-state index in [-0.39, 0.29) is 20.1 Å². The summed E-state index contributed by atoms with van der Waals surface area (Å²) in [7, 11) is 0. The monoisotopic (exact) mass is 514 g/mol. The van der Waals surface area contributed by atoms with Gasteiger partial charge in [0.25, 0.3) is 0 Å². The standard InChI is InChI=1S/C11H7N2.C11H8N.Ir/c1-2-8-3-4-9-5-7-13-11(9)10(8)12-6-1;1-2-6-10(7-3-1)11-8-4-5-9-12-11;/h1-7H;1-6,8-9H;/q2*-1;. The minimum atomic E-state index is 0. The van der Waals surface area contributed by atoms with E-state index in [2.05, 4.69) is 39.2 Å². The summed E-state index contributed by atoms with van der Waals surface area (Å²) in [6, 6.07) is 27.0. The molecule has 26 heavy (non-hydrogen) atoms. The third-order valence-electron chi connectivity index (χ3n) is 3.89. The van der Waals surface area contributed by atoms with Crippen LogP contribution < -0.4 is 4.98 Å². The molecule has 2 aromatic carbocycles. The Morgan fingerprint density at radius 3 is 2.38 bits per heavy atom. The van der Waals surface area contributed by atoms with Gasteiger partial charge in [0.05, 0.1) is 5.52 Å². The Labute approximate surface area is 165 Å². The van der Waals surface area contributed by atoms with Crippen LogP contribution in [-0.2, 0) is 20.1 Å². The summed E-state index contributed by atoms with van der Waals surface area (Å²) in [5.74, 6) is 0. The Bertz CT molecular complexity index is 1050. The Morgan fingerprint density at radius 1 is 0.731 bits per heavy atom. The fourth-order valence-electron chi connectivity index (χ4n) is 2.68.